The lowest BCUT2D eigenvalue weighted by molar-refractivity contribution is 0.186. The van der Waals surface area contributed by atoms with E-state index >= 15 is 0 Å². The number of benzene rings is 1. The second-order valence-electron chi connectivity index (χ2n) is 5.80. The Morgan fingerprint density at radius 3 is 2.89 bits per heavy atom. The van der Waals surface area contributed by atoms with Gasteiger partial charge in [0.05, 0.1) is 6.54 Å². The molecule has 1 aromatic carbocycles. The van der Waals surface area contributed by atoms with E-state index in [1.807, 2.05) is 18.2 Å². The number of fused-ring (bicyclic) bond motifs is 1. The smallest absolute Gasteiger partial charge is 0.209 e. The summed E-state index contributed by atoms with van der Waals surface area (Å²) in [4.78, 5) is 6.98. The fourth-order valence-electron chi connectivity index (χ4n) is 2.32. The van der Waals surface area contributed by atoms with Gasteiger partial charge in [-0.25, -0.2) is 4.98 Å². The number of nitrogens with two attached hydrogens (primary N) is 1. The maximum atomic E-state index is 5.80. The van der Waals surface area contributed by atoms with E-state index in [0.29, 0.717) is 11.7 Å². The molecule has 2 N–H and O–H groups in total. The second kappa shape index (κ2) is 4.85. The maximum absolute atomic E-state index is 5.80. The minimum Gasteiger partial charge on any atom is -0.439 e. The summed E-state index contributed by atoms with van der Waals surface area (Å²) in [5.41, 5.74) is 8.15. The first-order valence-corrected chi connectivity index (χ1v) is 7.01. The van der Waals surface area contributed by atoms with Gasteiger partial charge in [-0.15, -0.1) is 0 Å². The first-order chi connectivity index (χ1) is 9.11. The molecule has 1 aliphatic carbocycles. The number of hydrogen-bond acceptors (Lipinski definition) is 4. The molecule has 0 unspecified atom stereocenters. The number of hydrogen-bond donors (Lipinski definition) is 1. The van der Waals surface area contributed by atoms with Gasteiger partial charge in [-0.05, 0) is 44.7 Å². The van der Waals surface area contributed by atoms with Crippen molar-refractivity contribution in [3.63, 3.8) is 0 Å². The third-order valence-corrected chi connectivity index (χ3v) is 3.72. The van der Waals surface area contributed by atoms with Crippen LogP contribution in [0.2, 0.25) is 0 Å². The molecule has 0 saturated heterocycles. The summed E-state index contributed by atoms with van der Waals surface area (Å²) in [6.45, 7) is 6.38. The summed E-state index contributed by atoms with van der Waals surface area (Å²) in [6.07, 6.45) is 2.74. The van der Waals surface area contributed by atoms with Gasteiger partial charge < -0.3 is 10.2 Å². The molecule has 0 bridgehead atoms. The Morgan fingerprint density at radius 2 is 2.21 bits per heavy atom. The molecule has 1 saturated carbocycles. The second-order valence-corrected chi connectivity index (χ2v) is 5.80. The van der Waals surface area contributed by atoms with Crippen molar-refractivity contribution in [1.29, 1.82) is 0 Å². The highest BCUT2D eigenvalue weighted by Crippen LogP contribution is 2.31. The van der Waals surface area contributed by atoms with Crippen LogP contribution in [0.4, 0.5) is 5.69 Å². The van der Waals surface area contributed by atoms with Gasteiger partial charge in [0.15, 0.2) is 5.58 Å². The van der Waals surface area contributed by atoms with E-state index in [9.17, 15) is 0 Å². The predicted octanol–water partition coefficient (Wildman–Crippen LogP) is 3.03. The van der Waals surface area contributed by atoms with Gasteiger partial charge in [-0.1, -0.05) is 0 Å². The molecule has 0 spiro atoms. The molecule has 0 atom stereocenters. The number of anilines is 1. The summed E-state index contributed by atoms with van der Waals surface area (Å²) < 4.78 is 5.80. The van der Waals surface area contributed by atoms with Gasteiger partial charge in [0, 0.05) is 24.3 Å². The average molecular weight is 259 g/mol. The number of nitrogen functional groups attached to an aromatic ring is 1. The van der Waals surface area contributed by atoms with E-state index in [1.54, 1.807) is 0 Å². The largest absolute Gasteiger partial charge is 0.439 e. The molecule has 4 nitrogen and oxygen atoms in total. The number of nitrogens with zero attached hydrogens (tertiary/aromatic N) is 2. The Labute approximate surface area is 113 Å². The van der Waals surface area contributed by atoms with Crippen LogP contribution in [-0.4, -0.2) is 22.5 Å². The molecule has 3 rings (SSSR count). The molecule has 19 heavy (non-hydrogen) atoms. The topological polar surface area (TPSA) is 55.3 Å². The Bertz CT molecular complexity index is 572. The standard InChI is InChI=1S/C15H21N3O/c1-10(2)18(8-11-3-4-11)9-15-17-13-6-5-12(16)7-14(13)19-15/h5-7,10-11H,3-4,8-9,16H2,1-2H3. The third kappa shape index (κ3) is 2.89. The number of rotatable bonds is 5. The van der Waals surface area contributed by atoms with E-state index in [0.717, 1.165) is 36.0 Å². The molecule has 1 aromatic heterocycles. The van der Waals surface area contributed by atoms with Crippen molar-refractivity contribution >= 4 is 16.8 Å². The van der Waals surface area contributed by atoms with Gasteiger partial charge in [0.2, 0.25) is 5.89 Å². The zero-order valence-electron chi connectivity index (χ0n) is 11.6. The molecule has 1 fully saturated rings. The van der Waals surface area contributed by atoms with Crippen LogP contribution < -0.4 is 5.73 Å². The van der Waals surface area contributed by atoms with E-state index in [-0.39, 0.29) is 0 Å². The fourth-order valence-corrected chi connectivity index (χ4v) is 2.32. The average Bonchev–Trinajstić information content (AvgIpc) is 3.07. The molecule has 0 aliphatic heterocycles. The summed E-state index contributed by atoms with van der Waals surface area (Å²) in [6, 6.07) is 6.13. The summed E-state index contributed by atoms with van der Waals surface area (Å²) in [5, 5.41) is 0. The monoisotopic (exact) mass is 259 g/mol. The van der Waals surface area contributed by atoms with Crippen molar-refractivity contribution < 1.29 is 4.42 Å². The fraction of sp³-hybridized carbons (Fsp3) is 0.533. The lowest BCUT2D eigenvalue weighted by Crippen LogP contribution is -2.32. The van der Waals surface area contributed by atoms with E-state index in [2.05, 4.69) is 23.7 Å². The molecule has 2 aromatic rings. The highest BCUT2D eigenvalue weighted by molar-refractivity contribution is 5.76. The van der Waals surface area contributed by atoms with E-state index in [4.69, 9.17) is 10.2 Å². The van der Waals surface area contributed by atoms with Gasteiger partial charge in [0.1, 0.15) is 5.52 Å². The normalized spacial score (nSPS) is 15.8. The zero-order chi connectivity index (χ0) is 13.4. The van der Waals surface area contributed by atoms with Crippen LogP contribution in [0.3, 0.4) is 0 Å². The number of aromatic nitrogens is 1. The summed E-state index contributed by atoms with van der Waals surface area (Å²) in [7, 11) is 0. The van der Waals surface area contributed by atoms with Crippen LogP contribution in [0, 0.1) is 5.92 Å². The van der Waals surface area contributed by atoms with E-state index < -0.39 is 0 Å². The molecule has 1 heterocycles. The molecule has 1 aliphatic rings. The predicted molar refractivity (Wildman–Crippen MR) is 76.7 cm³/mol. The van der Waals surface area contributed by atoms with Crippen LogP contribution in [0.5, 0.6) is 0 Å². The molecule has 102 valence electrons. The zero-order valence-corrected chi connectivity index (χ0v) is 11.6. The minimum absolute atomic E-state index is 0.515. The quantitative estimate of drug-likeness (QED) is 0.839. The first-order valence-electron chi connectivity index (χ1n) is 7.01. The number of oxazole rings is 1. The molecular formula is C15H21N3O. The molecule has 0 radical (unpaired) electrons. The maximum Gasteiger partial charge on any atom is 0.209 e. The van der Waals surface area contributed by atoms with Crippen LogP contribution in [0.25, 0.3) is 11.1 Å². The molecular weight excluding hydrogens is 238 g/mol. The lowest BCUT2D eigenvalue weighted by Gasteiger charge is -2.24. The van der Waals surface area contributed by atoms with Crippen molar-refractivity contribution in [3.8, 4) is 0 Å². The minimum atomic E-state index is 0.515. The highest BCUT2D eigenvalue weighted by Gasteiger charge is 2.26. The van der Waals surface area contributed by atoms with Crippen molar-refractivity contribution in [3.05, 3.63) is 24.1 Å². The van der Waals surface area contributed by atoms with E-state index in [1.165, 1.54) is 12.8 Å². The molecule has 4 heteroatoms. The Kier molecular flexibility index (Phi) is 3.19. The van der Waals surface area contributed by atoms with Gasteiger partial charge in [0.25, 0.3) is 0 Å². The van der Waals surface area contributed by atoms with Crippen molar-refractivity contribution in [2.45, 2.75) is 39.3 Å². The van der Waals surface area contributed by atoms with Crippen LogP contribution >= 0.6 is 0 Å². The van der Waals surface area contributed by atoms with Crippen LogP contribution in [0.15, 0.2) is 22.6 Å². The van der Waals surface area contributed by atoms with Crippen molar-refractivity contribution in [2.75, 3.05) is 12.3 Å². The summed E-state index contributed by atoms with van der Waals surface area (Å²) >= 11 is 0. The Balaban J connectivity index is 1.78. The van der Waals surface area contributed by atoms with Gasteiger partial charge in [-0.2, -0.15) is 0 Å². The van der Waals surface area contributed by atoms with Crippen molar-refractivity contribution in [2.24, 2.45) is 5.92 Å². The third-order valence-electron chi connectivity index (χ3n) is 3.72. The molecule has 0 amide bonds. The highest BCUT2D eigenvalue weighted by atomic mass is 16.3. The van der Waals surface area contributed by atoms with Crippen LogP contribution in [-0.2, 0) is 6.54 Å². The first kappa shape index (κ1) is 12.5. The summed E-state index contributed by atoms with van der Waals surface area (Å²) in [5.74, 6) is 1.66. The van der Waals surface area contributed by atoms with Crippen molar-refractivity contribution in [1.82, 2.24) is 9.88 Å². The van der Waals surface area contributed by atoms with Gasteiger partial charge in [-0.3, -0.25) is 4.90 Å². The van der Waals surface area contributed by atoms with Crippen LogP contribution in [0.1, 0.15) is 32.6 Å². The lowest BCUT2D eigenvalue weighted by atomic mass is 10.2. The Hall–Kier alpha value is -1.55. The Morgan fingerprint density at radius 1 is 1.42 bits per heavy atom. The SMILES string of the molecule is CC(C)N(Cc1nc2ccc(N)cc2o1)CC1CC1. The van der Waals surface area contributed by atoms with Gasteiger partial charge >= 0.3 is 0 Å².